The molecule has 0 saturated heterocycles. The van der Waals surface area contributed by atoms with Crippen molar-refractivity contribution >= 4 is 23.7 Å². The van der Waals surface area contributed by atoms with Gasteiger partial charge in [-0.25, -0.2) is 5.43 Å². The summed E-state index contributed by atoms with van der Waals surface area (Å²) in [5.74, 6) is -0.231. The number of amides is 1. The summed E-state index contributed by atoms with van der Waals surface area (Å²) in [5, 5.41) is 4.12. The molecule has 2 aromatic rings. The molecule has 0 aliphatic rings. The second kappa shape index (κ2) is 8.23. The summed E-state index contributed by atoms with van der Waals surface area (Å²) < 4.78 is 43.5. The molecule has 0 spiro atoms. The third-order valence-electron chi connectivity index (χ3n) is 3.15. The summed E-state index contributed by atoms with van der Waals surface area (Å²) in [6.45, 7) is 3.74. The number of hydrogen-bond acceptors (Lipinski definition) is 3. The van der Waals surface area contributed by atoms with Gasteiger partial charge in [0.1, 0.15) is 5.75 Å². The van der Waals surface area contributed by atoms with Crippen LogP contribution in [0.2, 0.25) is 5.02 Å². The molecule has 2 aromatic carbocycles. The second-order valence-electron chi connectivity index (χ2n) is 5.63. The van der Waals surface area contributed by atoms with Gasteiger partial charge in [0.15, 0.2) is 0 Å². The van der Waals surface area contributed by atoms with Crippen molar-refractivity contribution in [3.8, 4) is 5.75 Å². The molecule has 0 fully saturated rings. The maximum absolute atomic E-state index is 12.7. The van der Waals surface area contributed by atoms with Gasteiger partial charge in [-0.15, -0.1) is 0 Å². The molecule has 0 aliphatic heterocycles. The number of rotatable bonds is 5. The summed E-state index contributed by atoms with van der Waals surface area (Å²) in [4.78, 5) is 11.9. The second-order valence-corrected chi connectivity index (χ2v) is 6.04. The Morgan fingerprint density at radius 2 is 1.96 bits per heavy atom. The van der Waals surface area contributed by atoms with Crippen LogP contribution in [0.4, 0.5) is 13.2 Å². The smallest absolute Gasteiger partial charge is 0.416 e. The molecule has 4 nitrogen and oxygen atoms in total. The Labute approximate surface area is 153 Å². The number of hydrogen-bond donors (Lipinski definition) is 1. The minimum Gasteiger partial charge on any atom is -0.489 e. The van der Waals surface area contributed by atoms with Crippen LogP contribution in [0.25, 0.3) is 0 Å². The van der Waals surface area contributed by atoms with E-state index in [1.54, 1.807) is 18.2 Å². The van der Waals surface area contributed by atoms with Gasteiger partial charge in [-0.1, -0.05) is 17.7 Å². The van der Waals surface area contributed by atoms with Gasteiger partial charge >= 0.3 is 6.18 Å². The van der Waals surface area contributed by atoms with E-state index in [-0.39, 0.29) is 11.7 Å². The van der Waals surface area contributed by atoms with E-state index in [0.717, 1.165) is 18.2 Å². The summed E-state index contributed by atoms with van der Waals surface area (Å²) in [6.07, 6.45) is -3.22. The molecule has 1 N–H and O–H groups in total. The molecular weight excluding hydrogens is 369 g/mol. The standard InChI is InChI=1S/C18H16ClF3N2O2/c1-11(2)26-16-7-6-12(8-15(16)19)10-23-24-17(25)13-4-3-5-14(9-13)18(20,21)22/h3-11H,1-2H3,(H,24,25)/b23-10+. The van der Waals surface area contributed by atoms with Gasteiger partial charge in [-0.3, -0.25) is 4.79 Å². The zero-order valence-corrected chi connectivity index (χ0v) is 14.7. The molecule has 0 radical (unpaired) electrons. The van der Waals surface area contributed by atoms with Gasteiger partial charge in [0.25, 0.3) is 5.91 Å². The topological polar surface area (TPSA) is 50.7 Å². The van der Waals surface area contributed by atoms with Gasteiger partial charge in [0.2, 0.25) is 0 Å². The molecule has 0 aliphatic carbocycles. The lowest BCUT2D eigenvalue weighted by Gasteiger charge is -2.11. The SMILES string of the molecule is CC(C)Oc1ccc(/C=N/NC(=O)c2cccc(C(F)(F)F)c2)cc1Cl. The maximum atomic E-state index is 12.7. The number of ether oxygens (including phenoxy) is 1. The molecule has 0 heterocycles. The Balaban J connectivity index is 2.04. The van der Waals surface area contributed by atoms with Crippen LogP contribution in [-0.2, 0) is 6.18 Å². The fourth-order valence-electron chi connectivity index (χ4n) is 2.01. The molecule has 0 unspecified atom stereocenters. The normalized spacial score (nSPS) is 11.8. The van der Waals surface area contributed by atoms with Crippen molar-refractivity contribution in [1.82, 2.24) is 5.43 Å². The van der Waals surface area contributed by atoms with E-state index in [2.05, 4.69) is 10.5 Å². The number of benzene rings is 2. The fraction of sp³-hybridized carbons (Fsp3) is 0.222. The molecule has 26 heavy (non-hydrogen) atoms. The number of hydrazone groups is 1. The van der Waals surface area contributed by atoms with Crippen LogP contribution in [0.5, 0.6) is 5.75 Å². The van der Waals surface area contributed by atoms with Crippen molar-refractivity contribution in [3.63, 3.8) is 0 Å². The summed E-state index contributed by atoms with van der Waals surface area (Å²) in [5.41, 5.74) is 1.73. The summed E-state index contributed by atoms with van der Waals surface area (Å²) in [7, 11) is 0. The van der Waals surface area contributed by atoms with Gasteiger partial charge < -0.3 is 4.74 Å². The van der Waals surface area contributed by atoms with Crippen LogP contribution in [0.3, 0.4) is 0 Å². The average molecular weight is 385 g/mol. The molecule has 2 rings (SSSR count). The predicted molar refractivity (Wildman–Crippen MR) is 93.7 cm³/mol. The van der Waals surface area contributed by atoms with E-state index >= 15 is 0 Å². The molecule has 0 atom stereocenters. The van der Waals surface area contributed by atoms with Gasteiger partial charge in [-0.05, 0) is 55.8 Å². The van der Waals surface area contributed by atoms with E-state index < -0.39 is 17.6 Å². The van der Waals surface area contributed by atoms with Crippen LogP contribution in [0.15, 0.2) is 47.6 Å². The first-order chi connectivity index (χ1) is 12.2. The Morgan fingerprint density at radius 3 is 2.58 bits per heavy atom. The first kappa shape index (κ1) is 19.8. The van der Waals surface area contributed by atoms with E-state index in [4.69, 9.17) is 16.3 Å². The Kier molecular flexibility index (Phi) is 6.26. The quantitative estimate of drug-likeness (QED) is 0.588. The van der Waals surface area contributed by atoms with Crippen molar-refractivity contribution in [2.24, 2.45) is 5.10 Å². The first-order valence-electron chi connectivity index (χ1n) is 7.63. The largest absolute Gasteiger partial charge is 0.489 e. The van der Waals surface area contributed by atoms with Gasteiger partial charge in [-0.2, -0.15) is 18.3 Å². The highest BCUT2D eigenvalue weighted by Crippen LogP contribution is 2.29. The van der Waals surface area contributed by atoms with Crippen LogP contribution >= 0.6 is 11.6 Å². The van der Waals surface area contributed by atoms with Gasteiger partial charge in [0.05, 0.1) is 22.9 Å². The number of nitrogens with one attached hydrogen (secondary N) is 1. The predicted octanol–water partition coefficient (Wildman–Crippen LogP) is 4.91. The lowest BCUT2D eigenvalue weighted by Crippen LogP contribution is -2.18. The van der Waals surface area contributed by atoms with E-state index in [1.165, 1.54) is 12.3 Å². The van der Waals surface area contributed by atoms with Crippen LogP contribution in [0.1, 0.15) is 35.3 Å². The minimum atomic E-state index is -4.52. The third-order valence-corrected chi connectivity index (χ3v) is 3.45. The molecule has 8 heteroatoms. The number of carbonyl (C=O) groups excluding carboxylic acids is 1. The highest BCUT2D eigenvalue weighted by Gasteiger charge is 2.30. The Bertz CT molecular complexity index is 820. The maximum Gasteiger partial charge on any atom is 0.416 e. The third kappa shape index (κ3) is 5.49. The Hall–Kier alpha value is -2.54. The molecule has 138 valence electrons. The number of nitrogens with zero attached hydrogens (tertiary/aromatic N) is 1. The van der Waals surface area contributed by atoms with E-state index in [9.17, 15) is 18.0 Å². The summed E-state index contributed by atoms with van der Waals surface area (Å²) in [6, 6.07) is 9.04. The lowest BCUT2D eigenvalue weighted by atomic mass is 10.1. The fourth-order valence-corrected chi connectivity index (χ4v) is 2.25. The minimum absolute atomic E-state index is 0.0289. The molecule has 1 amide bonds. The number of halogens is 4. The van der Waals surface area contributed by atoms with Crippen LogP contribution < -0.4 is 10.2 Å². The molecule has 0 saturated carbocycles. The lowest BCUT2D eigenvalue weighted by molar-refractivity contribution is -0.137. The zero-order valence-electron chi connectivity index (χ0n) is 14.0. The van der Waals surface area contributed by atoms with Gasteiger partial charge in [0, 0.05) is 5.56 Å². The highest BCUT2D eigenvalue weighted by atomic mass is 35.5. The highest BCUT2D eigenvalue weighted by molar-refractivity contribution is 6.32. The average Bonchev–Trinajstić information content (AvgIpc) is 2.56. The zero-order chi connectivity index (χ0) is 19.3. The first-order valence-corrected chi connectivity index (χ1v) is 8.01. The number of alkyl halides is 3. The van der Waals surface area contributed by atoms with Crippen molar-refractivity contribution in [1.29, 1.82) is 0 Å². The summed E-state index contributed by atoms with van der Waals surface area (Å²) >= 11 is 6.09. The van der Waals surface area contributed by atoms with E-state index in [1.807, 2.05) is 13.8 Å². The molecular formula is C18H16ClF3N2O2. The molecule has 0 bridgehead atoms. The van der Waals surface area contributed by atoms with Crippen molar-refractivity contribution in [2.45, 2.75) is 26.1 Å². The molecule has 0 aromatic heterocycles. The number of carbonyl (C=O) groups is 1. The Morgan fingerprint density at radius 1 is 1.23 bits per heavy atom. The van der Waals surface area contributed by atoms with Crippen LogP contribution in [0, 0.1) is 0 Å². The van der Waals surface area contributed by atoms with Crippen molar-refractivity contribution in [2.75, 3.05) is 0 Å². The monoisotopic (exact) mass is 384 g/mol. The van der Waals surface area contributed by atoms with Crippen LogP contribution in [-0.4, -0.2) is 18.2 Å². The van der Waals surface area contributed by atoms with Crippen molar-refractivity contribution in [3.05, 3.63) is 64.2 Å². The van der Waals surface area contributed by atoms with Crippen molar-refractivity contribution < 1.29 is 22.7 Å². The van der Waals surface area contributed by atoms with E-state index in [0.29, 0.717) is 16.3 Å².